The molecule has 0 atom stereocenters. The van der Waals surface area contributed by atoms with E-state index in [2.05, 4.69) is 15.1 Å². The van der Waals surface area contributed by atoms with E-state index in [0.717, 1.165) is 47.7 Å². The van der Waals surface area contributed by atoms with Crippen LogP contribution in [0.15, 0.2) is 4.52 Å². The monoisotopic (exact) mass is 249 g/mol. The van der Waals surface area contributed by atoms with Gasteiger partial charge in [0.05, 0.1) is 17.0 Å². The number of hydrogen-bond donors (Lipinski definition) is 0. The van der Waals surface area contributed by atoms with Crippen molar-refractivity contribution < 1.29 is 4.52 Å². The second-order valence-corrected chi connectivity index (χ2v) is 4.66. The largest absolute Gasteiger partial charge is 0.361 e. The Morgan fingerprint density at radius 3 is 2.71 bits per heavy atom. The van der Waals surface area contributed by atoms with Crippen LogP contribution in [0.25, 0.3) is 11.3 Å². The lowest BCUT2D eigenvalue weighted by Gasteiger charge is -2.06. The number of aromatic nitrogens is 3. The summed E-state index contributed by atoms with van der Waals surface area (Å²) < 4.78 is 5.20. The third-order valence-corrected chi connectivity index (χ3v) is 3.35. The van der Waals surface area contributed by atoms with Gasteiger partial charge in [0.25, 0.3) is 0 Å². The van der Waals surface area contributed by atoms with Crippen LogP contribution in [0, 0.1) is 13.8 Å². The van der Waals surface area contributed by atoms with Gasteiger partial charge in [0, 0.05) is 11.3 Å². The number of nitrogens with zero attached hydrogens (tertiary/aromatic N) is 3. The van der Waals surface area contributed by atoms with Crippen molar-refractivity contribution in [1.82, 2.24) is 15.1 Å². The number of halogens is 1. The Kier molecular flexibility index (Phi) is 2.40. The van der Waals surface area contributed by atoms with E-state index in [0.29, 0.717) is 5.28 Å². The number of hydrogen-bond acceptors (Lipinski definition) is 4. The summed E-state index contributed by atoms with van der Waals surface area (Å²) in [6, 6.07) is 0. The average molecular weight is 250 g/mol. The third-order valence-electron chi connectivity index (χ3n) is 3.18. The van der Waals surface area contributed by atoms with Crippen LogP contribution in [0.2, 0.25) is 5.28 Å². The van der Waals surface area contributed by atoms with Gasteiger partial charge in [0.1, 0.15) is 5.76 Å². The second kappa shape index (κ2) is 3.81. The normalized spacial score (nSPS) is 14.1. The molecule has 2 aromatic rings. The van der Waals surface area contributed by atoms with E-state index < -0.39 is 0 Å². The van der Waals surface area contributed by atoms with Gasteiger partial charge in [-0.1, -0.05) is 5.16 Å². The highest BCUT2D eigenvalue weighted by molar-refractivity contribution is 6.28. The first-order chi connectivity index (χ1) is 8.16. The first-order valence-electron chi connectivity index (χ1n) is 5.65. The Balaban J connectivity index is 2.28. The summed E-state index contributed by atoms with van der Waals surface area (Å²) in [6.07, 6.45) is 3.10. The van der Waals surface area contributed by atoms with Crippen molar-refractivity contribution in [2.75, 3.05) is 0 Å². The Morgan fingerprint density at radius 2 is 2.00 bits per heavy atom. The standard InChI is InChI=1S/C12H12ClN3O/c1-6-10(7(2)17-16-6)11-8-4-3-5-9(8)14-12(13)15-11/h3-5H2,1-2H3. The van der Waals surface area contributed by atoms with Crippen LogP contribution in [0.4, 0.5) is 0 Å². The van der Waals surface area contributed by atoms with Gasteiger partial charge in [0.2, 0.25) is 5.28 Å². The quantitative estimate of drug-likeness (QED) is 0.730. The summed E-state index contributed by atoms with van der Waals surface area (Å²) >= 11 is 5.98. The van der Waals surface area contributed by atoms with Gasteiger partial charge in [-0.15, -0.1) is 0 Å². The van der Waals surface area contributed by atoms with E-state index in [9.17, 15) is 0 Å². The van der Waals surface area contributed by atoms with Gasteiger partial charge >= 0.3 is 0 Å². The molecule has 0 bridgehead atoms. The minimum Gasteiger partial charge on any atom is -0.361 e. The van der Waals surface area contributed by atoms with E-state index in [1.54, 1.807) is 0 Å². The molecule has 0 aromatic carbocycles. The molecule has 4 nitrogen and oxygen atoms in total. The maximum atomic E-state index is 5.98. The number of fused-ring (bicyclic) bond motifs is 1. The van der Waals surface area contributed by atoms with Crippen molar-refractivity contribution in [1.29, 1.82) is 0 Å². The fraction of sp³-hybridized carbons (Fsp3) is 0.417. The molecule has 0 amide bonds. The van der Waals surface area contributed by atoms with Crippen LogP contribution in [0.5, 0.6) is 0 Å². The molecule has 17 heavy (non-hydrogen) atoms. The zero-order valence-electron chi connectivity index (χ0n) is 9.75. The molecule has 0 fully saturated rings. The summed E-state index contributed by atoms with van der Waals surface area (Å²) in [7, 11) is 0. The van der Waals surface area contributed by atoms with Crippen LogP contribution >= 0.6 is 11.6 Å². The van der Waals surface area contributed by atoms with E-state index in [4.69, 9.17) is 16.1 Å². The van der Waals surface area contributed by atoms with Crippen molar-refractivity contribution >= 4 is 11.6 Å². The smallest absolute Gasteiger partial charge is 0.223 e. The predicted molar refractivity (Wildman–Crippen MR) is 64.0 cm³/mol. The van der Waals surface area contributed by atoms with Crippen LogP contribution in [-0.2, 0) is 12.8 Å². The van der Waals surface area contributed by atoms with Crippen molar-refractivity contribution in [3.63, 3.8) is 0 Å². The molecule has 2 heterocycles. The maximum absolute atomic E-state index is 5.98. The minimum atomic E-state index is 0.306. The molecular formula is C12H12ClN3O. The maximum Gasteiger partial charge on any atom is 0.223 e. The highest BCUT2D eigenvalue weighted by Crippen LogP contribution is 2.34. The summed E-state index contributed by atoms with van der Waals surface area (Å²) in [5.74, 6) is 0.784. The molecule has 2 aromatic heterocycles. The van der Waals surface area contributed by atoms with E-state index in [1.165, 1.54) is 5.56 Å². The minimum absolute atomic E-state index is 0.306. The molecule has 0 aliphatic heterocycles. The summed E-state index contributed by atoms with van der Waals surface area (Å²) in [5, 5.41) is 4.28. The van der Waals surface area contributed by atoms with Crippen molar-refractivity contribution in [2.24, 2.45) is 0 Å². The van der Waals surface area contributed by atoms with Gasteiger partial charge < -0.3 is 4.52 Å². The molecule has 1 aliphatic rings. The van der Waals surface area contributed by atoms with Crippen molar-refractivity contribution in [3.05, 3.63) is 28.0 Å². The third kappa shape index (κ3) is 1.63. The molecular weight excluding hydrogens is 238 g/mol. The lowest BCUT2D eigenvalue weighted by Crippen LogP contribution is -1.98. The molecule has 0 N–H and O–H groups in total. The van der Waals surface area contributed by atoms with Gasteiger partial charge in [0.15, 0.2) is 0 Å². The molecule has 1 aliphatic carbocycles. The van der Waals surface area contributed by atoms with Gasteiger partial charge in [-0.3, -0.25) is 0 Å². The Hall–Kier alpha value is -1.42. The van der Waals surface area contributed by atoms with E-state index >= 15 is 0 Å². The fourth-order valence-corrected chi connectivity index (χ4v) is 2.62. The van der Waals surface area contributed by atoms with Crippen molar-refractivity contribution in [3.8, 4) is 11.3 Å². The Labute approximate surface area is 104 Å². The lowest BCUT2D eigenvalue weighted by atomic mass is 10.0. The number of rotatable bonds is 1. The van der Waals surface area contributed by atoms with Crippen LogP contribution in [0.1, 0.15) is 29.1 Å². The van der Waals surface area contributed by atoms with E-state index in [-0.39, 0.29) is 0 Å². The van der Waals surface area contributed by atoms with E-state index in [1.807, 2.05) is 13.8 Å². The molecule has 0 spiro atoms. The molecule has 0 saturated carbocycles. The van der Waals surface area contributed by atoms with Gasteiger partial charge in [-0.25, -0.2) is 9.97 Å². The zero-order chi connectivity index (χ0) is 12.0. The van der Waals surface area contributed by atoms with Gasteiger partial charge in [-0.05, 0) is 44.7 Å². The topological polar surface area (TPSA) is 51.8 Å². The SMILES string of the molecule is Cc1noc(C)c1-c1nc(Cl)nc2c1CCC2. The molecule has 5 heteroatoms. The predicted octanol–water partition coefficient (Wildman–Crippen LogP) is 2.89. The fourth-order valence-electron chi connectivity index (χ4n) is 2.43. The van der Waals surface area contributed by atoms with Crippen LogP contribution in [-0.4, -0.2) is 15.1 Å². The highest BCUT2D eigenvalue weighted by atomic mass is 35.5. The highest BCUT2D eigenvalue weighted by Gasteiger charge is 2.23. The average Bonchev–Trinajstić information content (AvgIpc) is 2.85. The summed E-state index contributed by atoms with van der Waals surface area (Å²) in [6.45, 7) is 3.82. The van der Waals surface area contributed by atoms with Crippen LogP contribution in [0.3, 0.4) is 0 Å². The molecule has 0 radical (unpaired) electrons. The number of aryl methyl sites for hydroxylation is 3. The summed E-state index contributed by atoms with van der Waals surface area (Å²) in [5.41, 5.74) is 4.98. The van der Waals surface area contributed by atoms with Crippen molar-refractivity contribution in [2.45, 2.75) is 33.1 Å². The molecule has 3 rings (SSSR count). The first-order valence-corrected chi connectivity index (χ1v) is 6.03. The Bertz CT molecular complexity index is 572. The Morgan fingerprint density at radius 1 is 1.18 bits per heavy atom. The van der Waals surface area contributed by atoms with Gasteiger partial charge in [-0.2, -0.15) is 0 Å². The summed E-state index contributed by atoms with van der Waals surface area (Å²) in [4.78, 5) is 8.65. The second-order valence-electron chi connectivity index (χ2n) is 4.32. The first kappa shape index (κ1) is 10.7. The molecule has 88 valence electrons. The molecule has 0 saturated heterocycles. The lowest BCUT2D eigenvalue weighted by molar-refractivity contribution is 0.393. The van der Waals surface area contributed by atoms with Crippen LogP contribution < -0.4 is 0 Å². The molecule has 0 unspecified atom stereocenters. The zero-order valence-corrected chi connectivity index (χ0v) is 10.5.